The predicted molar refractivity (Wildman–Crippen MR) is 98.9 cm³/mol. The van der Waals surface area contributed by atoms with Crippen molar-refractivity contribution in [3.63, 3.8) is 0 Å². The molecule has 0 saturated heterocycles. The second-order valence-electron chi connectivity index (χ2n) is 6.14. The first-order valence-corrected chi connectivity index (χ1v) is 8.17. The number of nitrogens with two attached hydrogens (primary N) is 2. The van der Waals surface area contributed by atoms with Gasteiger partial charge in [-0.15, -0.1) is 0 Å². The summed E-state index contributed by atoms with van der Waals surface area (Å²) in [5, 5.41) is 19.3. The number of benzene rings is 2. The third kappa shape index (κ3) is 4.96. The van der Waals surface area contributed by atoms with Crippen molar-refractivity contribution in [3.05, 3.63) is 59.7 Å². The molecule has 0 amide bonds. The number of nitrogen functional groups attached to an aromatic ring is 2. The third-order valence-electron chi connectivity index (χ3n) is 4.05. The molecule has 0 unspecified atom stereocenters. The molecule has 0 heterocycles. The quantitative estimate of drug-likeness (QED) is 0.393. The summed E-state index contributed by atoms with van der Waals surface area (Å²) in [6, 6.07) is 12.7. The number of aliphatic hydroxyl groups is 2. The van der Waals surface area contributed by atoms with Crippen LogP contribution in [0.4, 0.5) is 11.4 Å². The molecule has 0 atom stereocenters. The van der Waals surface area contributed by atoms with Crippen LogP contribution in [0.3, 0.4) is 0 Å². The summed E-state index contributed by atoms with van der Waals surface area (Å²) in [6.07, 6.45) is 0. The minimum atomic E-state index is -1.36. The Morgan fingerprint density at radius 2 is 1.15 bits per heavy atom. The van der Waals surface area contributed by atoms with Crippen molar-refractivity contribution >= 4 is 23.3 Å². The largest absolute Gasteiger partial charge is 0.461 e. The lowest BCUT2D eigenvalue weighted by Crippen LogP contribution is -2.41. The summed E-state index contributed by atoms with van der Waals surface area (Å²) < 4.78 is 10.3. The van der Waals surface area contributed by atoms with Crippen LogP contribution >= 0.6 is 0 Å². The fraction of sp³-hybridized carbons (Fsp3) is 0.263. The van der Waals surface area contributed by atoms with Gasteiger partial charge < -0.3 is 31.2 Å². The smallest absolute Gasteiger partial charge is 0.340 e. The fourth-order valence-electron chi connectivity index (χ4n) is 2.23. The SMILES string of the molecule is Nc1ccccc1C(=O)OCC(CO)(CO)COC(=O)c1ccccc1N. The number of esters is 2. The molecule has 8 nitrogen and oxygen atoms in total. The highest BCUT2D eigenvalue weighted by Crippen LogP contribution is 2.21. The van der Waals surface area contributed by atoms with Gasteiger partial charge in [-0.1, -0.05) is 24.3 Å². The number of aliphatic hydroxyl groups excluding tert-OH is 2. The molecule has 2 rings (SSSR count). The van der Waals surface area contributed by atoms with Gasteiger partial charge in [-0.2, -0.15) is 0 Å². The first-order valence-electron chi connectivity index (χ1n) is 8.17. The van der Waals surface area contributed by atoms with Crippen molar-refractivity contribution in [1.29, 1.82) is 0 Å². The number of para-hydroxylation sites is 2. The number of hydrogen-bond acceptors (Lipinski definition) is 8. The summed E-state index contributed by atoms with van der Waals surface area (Å²) in [5.74, 6) is -1.42. The van der Waals surface area contributed by atoms with E-state index in [4.69, 9.17) is 20.9 Å². The standard InChI is InChI=1S/C19H22N2O6/c20-15-7-3-1-5-13(15)17(24)26-11-19(9-22,10-23)12-27-18(25)14-6-2-4-8-16(14)21/h1-8,22-23H,9-12,20-21H2. The van der Waals surface area contributed by atoms with E-state index in [9.17, 15) is 19.8 Å². The van der Waals surface area contributed by atoms with Gasteiger partial charge in [0.2, 0.25) is 0 Å². The molecule has 27 heavy (non-hydrogen) atoms. The van der Waals surface area contributed by atoms with Gasteiger partial charge in [0.1, 0.15) is 13.2 Å². The lowest BCUT2D eigenvalue weighted by molar-refractivity contribution is -0.0522. The molecule has 0 fully saturated rings. The van der Waals surface area contributed by atoms with E-state index < -0.39 is 30.6 Å². The van der Waals surface area contributed by atoms with Crippen molar-refractivity contribution in [1.82, 2.24) is 0 Å². The van der Waals surface area contributed by atoms with Gasteiger partial charge in [-0.25, -0.2) is 9.59 Å². The van der Waals surface area contributed by atoms with Gasteiger partial charge in [0.05, 0.1) is 29.8 Å². The van der Waals surface area contributed by atoms with Crippen LogP contribution in [0.15, 0.2) is 48.5 Å². The van der Waals surface area contributed by atoms with E-state index in [2.05, 4.69) is 0 Å². The van der Waals surface area contributed by atoms with E-state index in [0.29, 0.717) is 0 Å². The van der Waals surface area contributed by atoms with E-state index >= 15 is 0 Å². The molecule has 8 heteroatoms. The Morgan fingerprint density at radius 1 is 0.778 bits per heavy atom. The first-order chi connectivity index (χ1) is 12.9. The van der Waals surface area contributed by atoms with Crippen LogP contribution in [0.2, 0.25) is 0 Å². The average molecular weight is 374 g/mol. The van der Waals surface area contributed by atoms with Crippen LogP contribution < -0.4 is 11.5 Å². The first kappa shape index (κ1) is 20.2. The molecule has 0 bridgehead atoms. The molecule has 0 aromatic heterocycles. The lowest BCUT2D eigenvalue weighted by Gasteiger charge is -2.28. The minimum Gasteiger partial charge on any atom is -0.461 e. The van der Waals surface area contributed by atoms with E-state index in [1.807, 2.05) is 0 Å². The molecule has 0 radical (unpaired) electrons. The van der Waals surface area contributed by atoms with Crippen LogP contribution in [0.5, 0.6) is 0 Å². The zero-order valence-electron chi connectivity index (χ0n) is 14.6. The highest BCUT2D eigenvalue weighted by Gasteiger charge is 2.33. The number of hydrogen-bond donors (Lipinski definition) is 4. The number of carbonyl (C=O) groups is 2. The van der Waals surface area contributed by atoms with Gasteiger partial charge in [-0.05, 0) is 24.3 Å². The van der Waals surface area contributed by atoms with Crippen LogP contribution in [0.1, 0.15) is 20.7 Å². The molecule has 144 valence electrons. The summed E-state index contributed by atoms with van der Waals surface area (Å²) in [4.78, 5) is 24.3. The zero-order chi connectivity index (χ0) is 19.9. The summed E-state index contributed by atoms with van der Waals surface area (Å²) in [6.45, 7) is -1.88. The summed E-state index contributed by atoms with van der Waals surface area (Å²) in [5.41, 5.74) is 10.9. The fourth-order valence-corrected chi connectivity index (χ4v) is 2.23. The van der Waals surface area contributed by atoms with E-state index in [-0.39, 0.29) is 35.7 Å². The topological polar surface area (TPSA) is 145 Å². The Morgan fingerprint density at radius 3 is 1.48 bits per heavy atom. The molecule has 2 aromatic carbocycles. The Bertz CT molecular complexity index is 741. The summed E-state index contributed by atoms with van der Waals surface area (Å²) >= 11 is 0. The highest BCUT2D eigenvalue weighted by molar-refractivity contribution is 5.95. The number of carbonyl (C=O) groups excluding carboxylic acids is 2. The third-order valence-corrected chi connectivity index (χ3v) is 4.05. The Balaban J connectivity index is 2.02. The second kappa shape index (κ2) is 9.02. The molecule has 2 aromatic rings. The normalized spacial score (nSPS) is 11.0. The molecule has 0 aliphatic carbocycles. The second-order valence-corrected chi connectivity index (χ2v) is 6.14. The van der Waals surface area contributed by atoms with E-state index in [1.165, 1.54) is 12.1 Å². The number of ether oxygens (including phenoxy) is 2. The Hall–Kier alpha value is -3.10. The van der Waals surface area contributed by atoms with Crippen LogP contribution in [-0.2, 0) is 9.47 Å². The van der Waals surface area contributed by atoms with Crippen LogP contribution in [0.25, 0.3) is 0 Å². The lowest BCUT2D eigenvalue weighted by atomic mass is 9.92. The molecular weight excluding hydrogens is 352 g/mol. The maximum Gasteiger partial charge on any atom is 0.340 e. The van der Waals surface area contributed by atoms with E-state index in [0.717, 1.165) is 0 Å². The molecule has 6 N–H and O–H groups in total. The average Bonchev–Trinajstić information content (AvgIpc) is 2.69. The molecular formula is C19H22N2O6. The van der Waals surface area contributed by atoms with Crippen LogP contribution in [0, 0.1) is 5.41 Å². The molecule has 0 spiro atoms. The van der Waals surface area contributed by atoms with Gasteiger partial charge >= 0.3 is 11.9 Å². The van der Waals surface area contributed by atoms with Crippen molar-refractivity contribution in [2.24, 2.45) is 5.41 Å². The maximum atomic E-state index is 12.2. The van der Waals surface area contributed by atoms with Crippen molar-refractivity contribution < 1.29 is 29.3 Å². The highest BCUT2D eigenvalue weighted by atomic mass is 16.6. The van der Waals surface area contributed by atoms with Gasteiger partial charge in [0.15, 0.2) is 0 Å². The predicted octanol–water partition coefficient (Wildman–Crippen LogP) is 0.836. The summed E-state index contributed by atoms with van der Waals surface area (Å²) in [7, 11) is 0. The number of rotatable bonds is 8. The molecule has 0 aliphatic heterocycles. The van der Waals surface area contributed by atoms with E-state index in [1.54, 1.807) is 36.4 Å². The molecule has 0 saturated carbocycles. The van der Waals surface area contributed by atoms with Gasteiger partial charge in [0, 0.05) is 11.4 Å². The van der Waals surface area contributed by atoms with Gasteiger partial charge in [0.25, 0.3) is 0 Å². The molecule has 0 aliphatic rings. The Kier molecular flexibility index (Phi) is 6.75. The minimum absolute atomic E-state index is 0.163. The van der Waals surface area contributed by atoms with Crippen LogP contribution in [-0.4, -0.2) is 48.6 Å². The van der Waals surface area contributed by atoms with Crippen molar-refractivity contribution in [2.75, 3.05) is 37.9 Å². The maximum absolute atomic E-state index is 12.2. The van der Waals surface area contributed by atoms with Crippen molar-refractivity contribution in [3.8, 4) is 0 Å². The zero-order valence-corrected chi connectivity index (χ0v) is 14.6. The Labute approximate surface area is 156 Å². The van der Waals surface area contributed by atoms with Crippen molar-refractivity contribution in [2.45, 2.75) is 0 Å². The van der Waals surface area contributed by atoms with Gasteiger partial charge in [-0.3, -0.25) is 0 Å². The number of anilines is 2. The monoisotopic (exact) mass is 374 g/mol.